The van der Waals surface area contributed by atoms with Gasteiger partial charge in [0.25, 0.3) is 0 Å². The van der Waals surface area contributed by atoms with Crippen molar-refractivity contribution in [3.63, 3.8) is 0 Å². The van der Waals surface area contributed by atoms with Crippen molar-refractivity contribution >= 4 is 34.8 Å². The van der Waals surface area contributed by atoms with E-state index >= 15 is 0 Å². The average Bonchev–Trinajstić information content (AvgIpc) is 2.38. The van der Waals surface area contributed by atoms with E-state index < -0.39 is 0 Å². The van der Waals surface area contributed by atoms with Crippen molar-refractivity contribution in [1.29, 1.82) is 0 Å². The van der Waals surface area contributed by atoms with Crippen LogP contribution in [0.25, 0.3) is 0 Å². The predicted molar refractivity (Wildman–Crippen MR) is 86.9 cm³/mol. The number of allylic oxidation sites excluding steroid dienone is 2. The summed E-state index contributed by atoms with van der Waals surface area (Å²) in [6.45, 7) is 9.20. The second-order valence-corrected chi connectivity index (χ2v) is 4.40. The summed E-state index contributed by atoms with van der Waals surface area (Å²) >= 11 is 8.98. The molecule has 0 radical (unpaired) electrons. The smallest absolute Gasteiger partial charge is 0.0964 e. The first-order chi connectivity index (χ1) is 9.20. The molecule has 0 unspecified atom stereocenters. The van der Waals surface area contributed by atoms with E-state index in [1.807, 2.05) is 0 Å². The second-order valence-electron chi connectivity index (χ2n) is 4.04. The molecule has 0 N–H and O–H groups in total. The molecule has 0 saturated heterocycles. The summed E-state index contributed by atoms with van der Waals surface area (Å²) in [6, 6.07) is 0. The van der Waals surface area contributed by atoms with Crippen LogP contribution in [-0.2, 0) is 4.74 Å². The fourth-order valence-electron chi connectivity index (χ4n) is 1.42. The van der Waals surface area contributed by atoms with Crippen LogP contribution in [0, 0.1) is 0 Å². The molecule has 0 rings (SSSR count). The van der Waals surface area contributed by atoms with E-state index in [-0.39, 0.29) is 0 Å². The Kier molecular flexibility index (Phi) is 12.5. The third kappa shape index (κ3) is 13.1. The summed E-state index contributed by atoms with van der Waals surface area (Å²) in [4.78, 5) is 7.70. The summed E-state index contributed by atoms with van der Waals surface area (Å²) in [5, 5.41) is 4.70. The van der Waals surface area contributed by atoms with Crippen LogP contribution in [0.5, 0.6) is 0 Å². The zero-order chi connectivity index (χ0) is 14.3. The Balaban J connectivity index is 3.54. The highest BCUT2D eigenvalue weighted by Gasteiger charge is 2.00. The molecule has 0 atom stereocenters. The van der Waals surface area contributed by atoms with Gasteiger partial charge in [0.1, 0.15) is 0 Å². The lowest BCUT2D eigenvalue weighted by atomic mass is 10.2. The van der Waals surface area contributed by atoms with Crippen molar-refractivity contribution in [2.24, 2.45) is 9.98 Å². The van der Waals surface area contributed by atoms with Crippen LogP contribution in [0.3, 0.4) is 0 Å². The highest BCUT2D eigenvalue weighted by atomic mass is 32.1. The monoisotopic (exact) mass is 296 g/mol. The van der Waals surface area contributed by atoms with E-state index in [0.29, 0.717) is 0 Å². The number of isothiocyanates is 2. The number of hydrogen-bond acceptors (Lipinski definition) is 5. The van der Waals surface area contributed by atoms with E-state index in [1.165, 1.54) is 0 Å². The van der Waals surface area contributed by atoms with Gasteiger partial charge in [-0.15, -0.1) is 0 Å². The first-order valence-corrected chi connectivity index (χ1v) is 7.13. The molecule has 0 aromatic rings. The zero-order valence-electron chi connectivity index (χ0n) is 11.2. The Morgan fingerprint density at radius 2 is 1.26 bits per heavy atom. The third-order valence-corrected chi connectivity index (χ3v) is 2.63. The molecular weight excluding hydrogens is 276 g/mol. The molecule has 0 bridgehead atoms. The third-order valence-electron chi connectivity index (χ3n) is 2.37. The van der Waals surface area contributed by atoms with Crippen LogP contribution in [-0.4, -0.2) is 23.4 Å². The lowest BCUT2D eigenvalue weighted by Crippen LogP contribution is -1.93. The van der Waals surface area contributed by atoms with Gasteiger partial charge >= 0.3 is 0 Å². The number of nitrogens with zero attached hydrogens (tertiary/aromatic N) is 2. The molecule has 0 aliphatic rings. The fraction of sp³-hybridized carbons (Fsp3) is 0.571. The normalized spacial score (nSPS) is 9.05. The van der Waals surface area contributed by atoms with Crippen LogP contribution >= 0.6 is 24.4 Å². The maximum Gasteiger partial charge on any atom is 0.0964 e. The number of ether oxygens (including phenoxy) is 1. The van der Waals surface area contributed by atoms with Crippen LogP contribution < -0.4 is 0 Å². The van der Waals surface area contributed by atoms with E-state index in [2.05, 4.69) is 57.9 Å². The Bertz CT molecular complexity index is 345. The fourth-order valence-corrected chi connectivity index (χ4v) is 1.61. The summed E-state index contributed by atoms with van der Waals surface area (Å²) in [5.41, 5.74) is 0. The molecule has 19 heavy (non-hydrogen) atoms. The van der Waals surface area contributed by atoms with Gasteiger partial charge in [0.2, 0.25) is 0 Å². The van der Waals surface area contributed by atoms with Crippen molar-refractivity contribution in [2.75, 3.05) is 13.1 Å². The molecule has 0 aliphatic carbocycles. The molecule has 0 spiro atoms. The van der Waals surface area contributed by atoms with Crippen molar-refractivity contribution in [3.8, 4) is 0 Å². The van der Waals surface area contributed by atoms with Gasteiger partial charge in [0, 0.05) is 25.9 Å². The minimum absolute atomic E-state index is 0.720. The molecule has 104 valence electrons. The average molecular weight is 296 g/mol. The van der Waals surface area contributed by atoms with Gasteiger partial charge in [0.15, 0.2) is 0 Å². The molecule has 0 aromatic carbocycles. The number of thiocarbonyl (C=S) groups is 2. The van der Waals surface area contributed by atoms with Gasteiger partial charge < -0.3 is 4.74 Å². The quantitative estimate of drug-likeness (QED) is 0.229. The van der Waals surface area contributed by atoms with Crippen molar-refractivity contribution in [2.45, 2.75) is 38.5 Å². The van der Waals surface area contributed by atoms with Gasteiger partial charge in [0.05, 0.1) is 21.8 Å². The number of rotatable bonds is 12. The Labute approximate surface area is 126 Å². The maximum atomic E-state index is 5.54. The highest BCUT2D eigenvalue weighted by Crippen LogP contribution is 2.15. The van der Waals surface area contributed by atoms with Gasteiger partial charge in [-0.25, -0.2) is 9.98 Å². The van der Waals surface area contributed by atoms with Crippen LogP contribution in [0.1, 0.15) is 38.5 Å². The molecule has 0 fully saturated rings. The lowest BCUT2D eigenvalue weighted by Gasteiger charge is -2.10. The van der Waals surface area contributed by atoms with Gasteiger partial charge in [-0.05, 0) is 50.1 Å². The SMILES string of the molecule is C=C(CCCCN=C=S)OC(=C)CCCCN=C=S. The van der Waals surface area contributed by atoms with E-state index in [4.69, 9.17) is 4.74 Å². The minimum atomic E-state index is 0.720. The van der Waals surface area contributed by atoms with Gasteiger partial charge in [-0.3, -0.25) is 0 Å². The molecule has 5 heteroatoms. The lowest BCUT2D eigenvalue weighted by molar-refractivity contribution is 0.275. The summed E-state index contributed by atoms with van der Waals surface area (Å²) in [5.74, 6) is 1.52. The van der Waals surface area contributed by atoms with E-state index in [0.717, 1.165) is 63.1 Å². The highest BCUT2D eigenvalue weighted by molar-refractivity contribution is 7.78. The zero-order valence-corrected chi connectivity index (χ0v) is 12.8. The van der Waals surface area contributed by atoms with Crippen molar-refractivity contribution in [1.82, 2.24) is 0 Å². The Morgan fingerprint density at radius 3 is 1.63 bits per heavy atom. The molecule has 0 heterocycles. The molecule has 3 nitrogen and oxygen atoms in total. The Morgan fingerprint density at radius 1 is 0.842 bits per heavy atom. The van der Waals surface area contributed by atoms with Crippen LogP contribution in [0.2, 0.25) is 0 Å². The molecule has 0 amide bonds. The molecule has 0 saturated carbocycles. The topological polar surface area (TPSA) is 34.0 Å². The standard InChI is InChI=1S/C14H20N2OS2/c1-13(7-3-5-9-15-11-18)17-14(2)8-4-6-10-16-12-19/h1-10H2. The number of hydrogen-bond donors (Lipinski definition) is 0. The van der Waals surface area contributed by atoms with Crippen molar-refractivity contribution < 1.29 is 4.74 Å². The van der Waals surface area contributed by atoms with E-state index in [1.54, 1.807) is 0 Å². The minimum Gasteiger partial charge on any atom is -0.467 e. The maximum absolute atomic E-state index is 5.54. The summed E-state index contributed by atoms with van der Waals surface area (Å²) in [6.07, 6.45) is 5.54. The molecule has 0 aliphatic heterocycles. The van der Waals surface area contributed by atoms with Crippen LogP contribution in [0.4, 0.5) is 0 Å². The van der Waals surface area contributed by atoms with E-state index in [9.17, 15) is 0 Å². The second kappa shape index (κ2) is 13.3. The van der Waals surface area contributed by atoms with Gasteiger partial charge in [-0.2, -0.15) is 0 Å². The number of aliphatic imine (C=N–C) groups is 2. The first kappa shape index (κ1) is 17.9. The Hall–Kier alpha value is -1.12. The predicted octanol–water partition coefficient (Wildman–Crippen LogP) is 4.58. The largest absolute Gasteiger partial charge is 0.467 e. The first-order valence-electron chi connectivity index (χ1n) is 6.31. The van der Waals surface area contributed by atoms with Crippen LogP contribution in [0.15, 0.2) is 34.7 Å². The number of unbranched alkanes of at least 4 members (excludes halogenated alkanes) is 2. The summed E-state index contributed by atoms with van der Waals surface area (Å²) in [7, 11) is 0. The molecule has 0 aromatic heterocycles. The van der Waals surface area contributed by atoms with Crippen molar-refractivity contribution in [3.05, 3.63) is 24.7 Å². The van der Waals surface area contributed by atoms with Gasteiger partial charge in [-0.1, -0.05) is 13.2 Å². The molecular formula is C14H20N2OS2. The summed E-state index contributed by atoms with van der Waals surface area (Å²) < 4.78 is 5.54.